The van der Waals surface area contributed by atoms with Gasteiger partial charge < -0.3 is 4.57 Å². The number of aromatic nitrogens is 2. The van der Waals surface area contributed by atoms with Crippen molar-refractivity contribution in [1.29, 1.82) is 0 Å². The van der Waals surface area contributed by atoms with Gasteiger partial charge in [0, 0.05) is 7.05 Å². The zero-order chi connectivity index (χ0) is 11.1. The van der Waals surface area contributed by atoms with Crippen LogP contribution in [0.5, 0.6) is 0 Å². The highest BCUT2D eigenvalue weighted by atomic mass is 32.1. The van der Waals surface area contributed by atoms with Crippen LogP contribution in [0.2, 0.25) is 0 Å². The molecule has 2 nitrogen and oxygen atoms in total. The SMILES string of the molecule is Cc1ccc2c(c1)nc(-c1cccs1)n2C. The van der Waals surface area contributed by atoms with Gasteiger partial charge in [-0.1, -0.05) is 12.1 Å². The lowest BCUT2D eigenvalue weighted by Gasteiger charge is -1.98. The number of nitrogens with zero attached hydrogens (tertiary/aromatic N) is 2. The molecule has 2 heterocycles. The quantitative estimate of drug-likeness (QED) is 0.622. The summed E-state index contributed by atoms with van der Waals surface area (Å²) in [5.74, 6) is 1.05. The summed E-state index contributed by atoms with van der Waals surface area (Å²) in [6, 6.07) is 10.6. The van der Waals surface area contributed by atoms with Gasteiger partial charge >= 0.3 is 0 Å². The van der Waals surface area contributed by atoms with E-state index in [9.17, 15) is 0 Å². The molecule has 0 N–H and O–H groups in total. The second-order valence-corrected chi connectivity index (χ2v) is 4.91. The molecule has 3 heteroatoms. The van der Waals surface area contributed by atoms with Crippen LogP contribution < -0.4 is 0 Å². The van der Waals surface area contributed by atoms with Gasteiger partial charge in [0.05, 0.1) is 15.9 Å². The largest absolute Gasteiger partial charge is 0.326 e. The van der Waals surface area contributed by atoms with Crippen molar-refractivity contribution in [2.24, 2.45) is 7.05 Å². The molecule has 0 unspecified atom stereocenters. The Kier molecular flexibility index (Phi) is 2.07. The minimum absolute atomic E-state index is 1.05. The van der Waals surface area contributed by atoms with E-state index in [-0.39, 0.29) is 0 Å². The minimum atomic E-state index is 1.05. The predicted octanol–water partition coefficient (Wildman–Crippen LogP) is 3.61. The van der Waals surface area contributed by atoms with Crippen LogP contribution in [0.1, 0.15) is 5.56 Å². The van der Waals surface area contributed by atoms with Crippen LogP contribution in [0.3, 0.4) is 0 Å². The van der Waals surface area contributed by atoms with Crippen LogP contribution >= 0.6 is 11.3 Å². The molecule has 0 radical (unpaired) electrons. The van der Waals surface area contributed by atoms with Gasteiger partial charge in [0.2, 0.25) is 0 Å². The molecule has 0 saturated heterocycles. The maximum atomic E-state index is 4.69. The molecule has 0 spiro atoms. The normalized spacial score (nSPS) is 11.1. The zero-order valence-corrected chi connectivity index (χ0v) is 10.1. The molecule has 1 aromatic carbocycles. The average molecular weight is 228 g/mol. The first-order valence-corrected chi connectivity index (χ1v) is 6.10. The van der Waals surface area contributed by atoms with Gasteiger partial charge in [0.15, 0.2) is 5.82 Å². The highest BCUT2D eigenvalue weighted by molar-refractivity contribution is 7.13. The standard InChI is InChI=1S/C13H12N2S/c1-9-5-6-11-10(8-9)14-13(15(11)2)12-4-3-7-16-12/h3-8H,1-2H3. The smallest absolute Gasteiger partial charge is 0.150 e. The van der Waals surface area contributed by atoms with Crippen molar-refractivity contribution in [3.63, 3.8) is 0 Å². The van der Waals surface area contributed by atoms with Crippen molar-refractivity contribution in [3.8, 4) is 10.7 Å². The van der Waals surface area contributed by atoms with Crippen LogP contribution in [-0.2, 0) is 7.05 Å². The van der Waals surface area contributed by atoms with Crippen molar-refractivity contribution in [2.75, 3.05) is 0 Å². The topological polar surface area (TPSA) is 17.8 Å². The number of benzene rings is 1. The summed E-state index contributed by atoms with van der Waals surface area (Å²) in [5, 5.41) is 2.08. The molecular formula is C13H12N2S. The molecule has 0 aliphatic heterocycles. The fraction of sp³-hybridized carbons (Fsp3) is 0.154. The molecule has 0 fully saturated rings. The molecule has 0 amide bonds. The lowest BCUT2D eigenvalue weighted by molar-refractivity contribution is 0.963. The van der Waals surface area contributed by atoms with Crippen LogP contribution in [0.15, 0.2) is 35.7 Å². The first kappa shape index (κ1) is 9.60. The molecule has 3 aromatic rings. The molecule has 0 aliphatic carbocycles. The Hall–Kier alpha value is -1.61. The molecule has 0 bridgehead atoms. The van der Waals surface area contributed by atoms with Gasteiger partial charge in [-0.3, -0.25) is 0 Å². The second kappa shape index (κ2) is 3.46. The van der Waals surface area contributed by atoms with Crippen molar-refractivity contribution >= 4 is 22.4 Å². The summed E-state index contributed by atoms with van der Waals surface area (Å²) in [5.41, 5.74) is 3.52. The van der Waals surface area contributed by atoms with E-state index in [2.05, 4.69) is 59.2 Å². The first-order chi connectivity index (χ1) is 7.75. The van der Waals surface area contributed by atoms with Crippen LogP contribution in [0, 0.1) is 6.92 Å². The molecule has 16 heavy (non-hydrogen) atoms. The average Bonchev–Trinajstić information content (AvgIpc) is 2.86. The van der Waals surface area contributed by atoms with E-state index < -0.39 is 0 Å². The van der Waals surface area contributed by atoms with Crippen LogP contribution in [0.4, 0.5) is 0 Å². The molecule has 0 atom stereocenters. The molecule has 0 saturated carbocycles. The van der Waals surface area contributed by atoms with Gasteiger partial charge in [-0.2, -0.15) is 0 Å². The van der Waals surface area contributed by atoms with Crippen LogP contribution in [-0.4, -0.2) is 9.55 Å². The highest BCUT2D eigenvalue weighted by Gasteiger charge is 2.09. The molecule has 2 aromatic heterocycles. The molecule has 80 valence electrons. The summed E-state index contributed by atoms with van der Waals surface area (Å²) in [4.78, 5) is 5.91. The number of thiophene rings is 1. The van der Waals surface area contributed by atoms with Gasteiger partial charge in [0.25, 0.3) is 0 Å². The number of rotatable bonds is 1. The Morgan fingerprint density at radius 3 is 2.88 bits per heavy atom. The van der Waals surface area contributed by atoms with Crippen molar-refractivity contribution in [3.05, 3.63) is 41.3 Å². The van der Waals surface area contributed by atoms with E-state index >= 15 is 0 Å². The third-order valence-corrected chi connectivity index (χ3v) is 3.64. The Bertz CT molecular complexity index is 635. The van der Waals surface area contributed by atoms with Crippen molar-refractivity contribution < 1.29 is 0 Å². The van der Waals surface area contributed by atoms with Gasteiger partial charge in [0.1, 0.15) is 0 Å². The zero-order valence-electron chi connectivity index (χ0n) is 9.27. The maximum Gasteiger partial charge on any atom is 0.150 e. The molecular weight excluding hydrogens is 216 g/mol. The Morgan fingerprint density at radius 2 is 2.12 bits per heavy atom. The highest BCUT2D eigenvalue weighted by Crippen LogP contribution is 2.27. The number of hydrogen-bond acceptors (Lipinski definition) is 2. The number of hydrogen-bond donors (Lipinski definition) is 0. The maximum absolute atomic E-state index is 4.69. The third kappa shape index (κ3) is 1.36. The van der Waals surface area contributed by atoms with E-state index in [4.69, 9.17) is 0 Å². The summed E-state index contributed by atoms with van der Waals surface area (Å²) in [7, 11) is 2.07. The van der Waals surface area contributed by atoms with Crippen LogP contribution in [0.25, 0.3) is 21.7 Å². The third-order valence-electron chi connectivity index (χ3n) is 2.78. The van der Waals surface area contributed by atoms with Gasteiger partial charge in [-0.05, 0) is 36.1 Å². The number of imidazole rings is 1. The minimum Gasteiger partial charge on any atom is -0.326 e. The summed E-state index contributed by atoms with van der Waals surface area (Å²) < 4.78 is 2.15. The lowest BCUT2D eigenvalue weighted by Crippen LogP contribution is -1.90. The summed E-state index contributed by atoms with van der Waals surface area (Å²) in [6.45, 7) is 2.10. The van der Waals surface area contributed by atoms with E-state index in [1.54, 1.807) is 11.3 Å². The molecule has 3 rings (SSSR count). The first-order valence-electron chi connectivity index (χ1n) is 5.22. The van der Waals surface area contributed by atoms with E-state index in [0.29, 0.717) is 0 Å². The summed E-state index contributed by atoms with van der Waals surface area (Å²) >= 11 is 1.73. The molecule has 0 aliphatic rings. The van der Waals surface area contributed by atoms with Crippen molar-refractivity contribution in [2.45, 2.75) is 6.92 Å². The van der Waals surface area contributed by atoms with E-state index in [1.165, 1.54) is 16.0 Å². The van der Waals surface area contributed by atoms with Gasteiger partial charge in [-0.15, -0.1) is 11.3 Å². The van der Waals surface area contributed by atoms with Crippen molar-refractivity contribution in [1.82, 2.24) is 9.55 Å². The number of aryl methyl sites for hydroxylation is 2. The Balaban J connectivity index is 2.31. The fourth-order valence-electron chi connectivity index (χ4n) is 1.94. The second-order valence-electron chi connectivity index (χ2n) is 3.96. The monoisotopic (exact) mass is 228 g/mol. The predicted molar refractivity (Wildman–Crippen MR) is 68.8 cm³/mol. The fourth-order valence-corrected chi connectivity index (χ4v) is 2.68. The summed E-state index contributed by atoms with van der Waals surface area (Å²) in [6.07, 6.45) is 0. The van der Waals surface area contributed by atoms with E-state index in [1.807, 2.05) is 0 Å². The number of fused-ring (bicyclic) bond motifs is 1. The Labute approximate surface area is 98.2 Å². The lowest BCUT2D eigenvalue weighted by atomic mass is 10.2. The Morgan fingerprint density at radius 1 is 1.25 bits per heavy atom. The van der Waals surface area contributed by atoms with E-state index in [0.717, 1.165) is 11.3 Å². The van der Waals surface area contributed by atoms with Gasteiger partial charge in [-0.25, -0.2) is 4.98 Å².